The predicted molar refractivity (Wildman–Crippen MR) is 77.7 cm³/mol. The molecule has 0 radical (unpaired) electrons. The molecule has 2 aromatic rings. The van der Waals surface area contributed by atoms with Crippen molar-refractivity contribution in [2.24, 2.45) is 0 Å². The average Bonchev–Trinajstić information content (AvgIpc) is 2.97. The summed E-state index contributed by atoms with van der Waals surface area (Å²) in [6, 6.07) is 5.06. The van der Waals surface area contributed by atoms with Gasteiger partial charge in [-0.2, -0.15) is 0 Å². The lowest BCUT2D eigenvalue weighted by molar-refractivity contribution is 0.402. The molecule has 7 heteroatoms. The molecule has 0 aliphatic rings. The summed E-state index contributed by atoms with van der Waals surface area (Å²) in [6.45, 7) is 2.18. The van der Waals surface area contributed by atoms with Gasteiger partial charge in [0.15, 0.2) is 0 Å². The van der Waals surface area contributed by atoms with E-state index in [4.69, 9.17) is 9.26 Å². The zero-order valence-electron chi connectivity index (χ0n) is 12.0. The minimum absolute atomic E-state index is 0.162. The van der Waals surface area contributed by atoms with Crippen LogP contribution in [-0.4, -0.2) is 27.2 Å². The molecule has 1 aromatic carbocycles. The van der Waals surface area contributed by atoms with Crippen molar-refractivity contribution in [3.8, 4) is 5.75 Å². The van der Waals surface area contributed by atoms with Gasteiger partial charge in [-0.1, -0.05) is 11.2 Å². The molecule has 0 unspecified atom stereocenters. The Kier molecular flexibility index (Phi) is 4.98. The second-order valence-electron chi connectivity index (χ2n) is 4.69. The predicted octanol–water partition coefficient (Wildman–Crippen LogP) is 1.90. The Morgan fingerprint density at radius 1 is 1.38 bits per heavy atom. The third-order valence-corrected chi connectivity index (χ3v) is 4.51. The van der Waals surface area contributed by atoms with Gasteiger partial charge in [0.1, 0.15) is 16.9 Å². The third-order valence-electron chi connectivity index (χ3n) is 3.03. The lowest BCUT2D eigenvalue weighted by atomic mass is 10.2. The molecule has 0 saturated carbocycles. The molecule has 0 bridgehead atoms. The monoisotopic (exact) mass is 310 g/mol. The van der Waals surface area contributed by atoms with Crippen molar-refractivity contribution in [1.29, 1.82) is 0 Å². The van der Waals surface area contributed by atoms with Gasteiger partial charge in [0.05, 0.1) is 13.3 Å². The van der Waals surface area contributed by atoms with Crippen molar-refractivity contribution in [1.82, 2.24) is 9.88 Å². The molecule has 0 aliphatic heterocycles. The molecule has 0 aliphatic carbocycles. The highest BCUT2D eigenvalue weighted by Crippen LogP contribution is 2.24. The topological polar surface area (TPSA) is 81.4 Å². The van der Waals surface area contributed by atoms with Gasteiger partial charge < -0.3 is 9.26 Å². The number of rotatable bonds is 7. The van der Waals surface area contributed by atoms with Gasteiger partial charge in [-0.15, -0.1) is 0 Å². The third kappa shape index (κ3) is 4.05. The number of sulfonamides is 1. The Morgan fingerprint density at radius 3 is 2.86 bits per heavy atom. The largest absolute Gasteiger partial charge is 0.495 e. The number of nitrogens with zero attached hydrogens (tertiary/aromatic N) is 1. The second kappa shape index (κ2) is 6.73. The van der Waals surface area contributed by atoms with Crippen LogP contribution in [0.2, 0.25) is 0 Å². The van der Waals surface area contributed by atoms with E-state index >= 15 is 0 Å². The number of benzene rings is 1. The Hall–Kier alpha value is -1.86. The van der Waals surface area contributed by atoms with Crippen molar-refractivity contribution >= 4 is 10.0 Å². The van der Waals surface area contributed by atoms with Gasteiger partial charge in [-0.3, -0.25) is 0 Å². The van der Waals surface area contributed by atoms with E-state index in [1.54, 1.807) is 24.6 Å². The Labute approximate surface area is 124 Å². The molecule has 1 heterocycles. The maximum Gasteiger partial charge on any atom is 0.244 e. The van der Waals surface area contributed by atoms with Gasteiger partial charge in [-0.05, 0) is 37.5 Å². The normalized spacial score (nSPS) is 11.5. The average molecular weight is 310 g/mol. The first-order valence-electron chi connectivity index (χ1n) is 6.55. The van der Waals surface area contributed by atoms with E-state index < -0.39 is 10.0 Å². The Morgan fingerprint density at radius 2 is 2.19 bits per heavy atom. The van der Waals surface area contributed by atoms with E-state index in [9.17, 15) is 8.42 Å². The van der Waals surface area contributed by atoms with Gasteiger partial charge >= 0.3 is 0 Å². The maximum atomic E-state index is 12.3. The summed E-state index contributed by atoms with van der Waals surface area (Å²) in [5.74, 6) is 0.340. The molecule has 1 aromatic heterocycles. The number of hydrogen-bond acceptors (Lipinski definition) is 5. The first-order chi connectivity index (χ1) is 10.0. The highest BCUT2D eigenvalue weighted by molar-refractivity contribution is 7.89. The highest BCUT2D eigenvalue weighted by atomic mass is 32.2. The number of hydrogen-bond donors (Lipinski definition) is 1. The summed E-state index contributed by atoms with van der Waals surface area (Å²) in [7, 11) is -2.13. The van der Waals surface area contributed by atoms with Crippen LogP contribution in [0.15, 0.2) is 40.1 Å². The van der Waals surface area contributed by atoms with E-state index in [0.717, 1.165) is 11.1 Å². The van der Waals surface area contributed by atoms with Crippen LogP contribution in [0.1, 0.15) is 17.5 Å². The zero-order valence-corrected chi connectivity index (χ0v) is 12.8. The number of methoxy groups -OCH3 is 1. The first-order valence-corrected chi connectivity index (χ1v) is 8.04. The SMILES string of the molecule is COc1ccc(C)cc1S(=O)(=O)NCCCc1cnoc1. The van der Waals surface area contributed by atoms with Crippen LogP contribution in [0.3, 0.4) is 0 Å². The first kappa shape index (κ1) is 15.5. The van der Waals surface area contributed by atoms with Crippen molar-refractivity contribution in [3.63, 3.8) is 0 Å². The molecule has 0 saturated heterocycles. The van der Waals surface area contributed by atoms with Gasteiger partial charge in [0.25, 0.3) is 0 Å². The quantitative estimate of drug-likeness (QED) is 0.790. The lowest BCUT2D eigenvalue weighted by Gasteiger charge is -2.11. The summed E-state index contributed by atoms with van der Waals surface area (Å²) in [5.41, 5.74) is 1.81. The minimum Gasteiger partial charge on any atom is -0.495 e. The fraction of sp³-hybridized carbons (Fsp3) is 0.357. The fourth-order valence-corrected chi connectivity index (χ4v) is 3.25. The van der Waals surface area contributed by atoms with Gasteiger partial charge in [0, 0.05) is 12.1 Å². The van der Waals surface area contributed by atoms with Crippen molar-refractivity contribution in [2.45, 2.75) is 24.7 Å². The number of ether oxygens (including phenoxy) is 1. The van der Waals surface area contributed by atoms with E-state index in [-0.39, 0.29) is 4.90 Å². The number of nitrogens with one attached hydrogen (secondary N) is 1. The molecular formula is C14H18N2O4S. The molecule has 1 N–H and O–H groups in total. The van der Waals surface area contributed by atoms with Crippen LogP contribution in [-0.2, 0) is 16.4 Å². The van der Waals surface area contributed by atoms with Crippen molar-refractivity contribution in [2.75, 3.05) is 13.7 Å². The summed E-state index contributed by atoms with van der Waals surface area (Å²) in [6.07, 6.45) is 4.54. The molecule has 21 heavy (non-hydrogen) atoms. The van der Waals surface area contributed by atoms with Crippen LogP contribution in [0.4, 0.5) is 0 Å². The lowest BCUT2D eigenvalue weighted by Crippen LogP contribution is -2.25. The highest BCUT2D eigenvalue weighted by Gasteiger charge is 2.19. The summed E-state index contributed by atoms with van der Waals surface area (Å²) in [4.78, 5) is 0.162. The minimum atomic E-state index is -3.58. The van der Waals surface area contributed by atoms with E-state index in [1.165, 1.54) is 7.11 Å². The van der Waals surface area contributed by atoms with Crippen molar-refractivity contribution < 1.29 is 17.7 Å². The molecule has 114 valence electrons. The van der Waals surface area contributed by atoms with Gasteiger partial charge in [0.2, 0.25) is 10.0 Å². The smallest absolute Gasteiger partial charge is 0.244 e. The van der Waals surface area contributed by atoms with Crippen molar-refractivity contribution in [3.05, 3.63) is 41.8 Å². The molecule has 0 amide bonds. The second-order valence-corrected chi connectivity index (χ2v) is 6.42. The van der Waals surface area contributed by atoms with Crippen LogP contribution in [0.5, 0.6) is 5.75 Å². The molecule has 0 fully saturated rings. The fourth-order valence-electron chi connectivity index (χ4n) is 1.92. The summed E-state index contributed by atoms with van der Waals surface area (Å²) >= 11 is 0. The van der Waals surface area contributed by atoms with E-state index in [2.05, 4.69) is 9.88 Å². The zero-order chi connectivity index (χ0) is 15.3. The van der Waals surface area contributed by atoms with E-state index in [0.29, 0.717) is 25.1 Å². The molecular weight excluding hydrogens is 292 g/mol. The number of aromatic nitrogens is 1. The standard InChI is InChI=1S/C14H18N2O4S/c1-11-5-6-13(19-2)14(8-11)21(17,18)16-7-3-4-12-9-15-20-10-12/h5-6,8-10,16H,3-4,7H2,1-2H3. The summed E-state index contributed by atoms with van der Waals surface area (Å²) < 4.78 is 37.0. The van der Waals surface area contributed by atoms with Gasteiger partial charge in [-0.25, -0.2) is 13.1 Å². The molecule has 6 nitrogen and oxygen atoms in total. The number of aryl methyl sites for hydroxylation is 2. The van der Waals surface area contributed by atoms with Crippen LogP contribution in [0, 0.1) is 6.92 Å². The van der Waals surface area contributed by atoms with Crippen LogP contribution >= 0.6 is 0 Å². The van der Waals surface area contributed by atoms with E-state index in [1.807, 2.05) is 13.0 Å². The molecule has 0 spiro atoms. The molecule has 0 atom stereocenters. The maximum absolute atomic E-state index is 12.3. The Bertz CT molecular complexity index is 681. The van der Waals surface area contributed by atoms with Crippen LogP contribution in [0.25, 0.3) is 0 Å². The molecule has 2 rings (SSSR count). The Balaban J connectivity index is 1.99. The van der Waals surface area contributed by atoms with Crippen LogP contribution < -0.4 is 9.46 Å². The summed E-state index contributed by atoms with van der Waals surface area (Å²) in [5, 5.41) is 3.60.